The van der Waals surface area contributed by atoms with E-state index in [9.17, 15) is 5.11 Å². The number of nitrogens with two attached hydrogens (primary N) is 1. The molecule has 16 heavy (non-hydrogen) atoms. The highest BCUT2D eigenvalue weighted by Gasteiger charge is 2.10. The zero-order valence-electron chi connectivity index (χ0n) is 9.10. The van der Waals surface area contributed by atoms with Crippen LogP contribution >= 0.6 is 0 Å². The van der Waals surface area contributed by atoms with Crippen LogP contribution in [0.1, 0.15) is 11.6 Å². The summed E-state index contributed by atoms with van der Waals surface area (Å²) in [5, 5.41) is 9.20. The molecule has 0 aliphatic rings. The Balaban J connectivity index is 2.36. The molecule has 0 fully saturated rings. The zero-order chi connectivity index (χ0) is 11.5. The molecule has 84 valence electrons. The lowest BCUT2D eigenvalue weighted by Gasteiger charge is -1.97. The molecule has 2 aromatic rings. The molecule has 1 aromatic carbocycles. The van der Waals surface area contributed by atoms with Gasteiger partial charge in [-0.2, -0.15) is 0 Å². The van der Waals surface area contributed by atoms with Crippen molar-refractivity contribution in [2.24, 2.45) is 5.73 Å². The Morgan fingerprint density at radius 1 is 1.31 bits per heavy atom. The first-order chi connectivity index (χ1) is 7.70. The van der Waals surface area contributed by atoms with Crippen LogP contribution in [0, 0.1) is 6.92 Å². The third-order valence-corrected chi connectivity index (χ3v) is 2.33. The van der Waals surface area contributed by atoms with Crippen molar-refractivity contribution in [3.8, 4) is 17.1 Å². The number of rotatable bonds is 3. The topological polar surface area (TPSA) is 72.3 Å². The fourth-order valence-electron chi connectivity index (χ4n) is 1.56. The van der Waals surface area contributed by atoms with E-state index >= 15 is 0 Å². The van der Waals surface area contributed by atoms with Gasteiger partial charge >= 0.3 is 0 Å². The number of aryl methyl sites for hydroxylation is 1. The van der Waals surface area contributed by atoms with Crippen LogP contribution in [0.25, 0.3) is 11.3 Å². The highest BCUT2D eigenvalue weighted by molar-refractivity contribution is 5.60. The second-order valence-electron chi connectivity index (χ2n) is 3.61. The molecular formula is C12H14N2O2. The maximum atomic E-state index is 9.20. The van der Waals surface area contributed by atoms with Gasteiger partial charge in [0.1, 0.15) is 5.75 Å². The van der Waals surface area contributed by atoms with Crippen LogP contribution in [0.4, 0.5) is 0 Å². The maximum Gasteiger partial charge on any atom is 0.196 e. The smallest absolute Gasteiger partial charge is 0.196 e. The van der Waals surface area contributed by atoms with Crippen molar-refractivity contribution in [2.75, 3.05) is 6.54 Å². The molecule has 0 radical (unpaired) electrons. The monoisotopic (exact) mass is 218 g/mol. The van der Waals surface area contributed by atoms with Gasteiger partial charge in [0.2, 0.25) is 0 Å². The number of nitrogens with zero attached hydrogens (tertiary/aromatic N) is 1. The first-order valence-electron chi connectivity index (χ1n) is 5.16. The van der Waals surface area contributed by atoms with Crippen LogP contribution in [0.3, 0.4) is 0 Å². The number of benzene rings is 1. The predicted octanol–water partition coefficient (Wildman–Crippen LogP) is 1.86. The summed E-state index contributed by atoms with van der Waals surface area (Å²) < 4.78 is 5.61. The molecule has 0 amide bonds. The van der Waals surface area contributed by atoms with E-state index in [1.165, 1.54) is 0 Å². The van der Waals surface area contributed by atoms with Gasteiger partial charge in [-0.05, 0) is 31.2 Å². The summed E-state index contributed by atoms with van der Waals surface area (Å²) in [6.07, 6.45) is 0.638. The van der Waals surface area contributed by atoms with E-state index < -0.39 is 0 Å². The summed E-state index contributed by atoms with van der Waals surface area (Å²) in [4.78, 5) is 4.29. The Kier molecular flexibility index (Phi) is 2.92. The number of hydrogen-bond acceptors (Lipinski definition) is 4. The van der Waals surface area contributed by atoms with Gasteiger partial charge in [-0.15, -0.1) is 0 Å². The van der Waals surface area contributed by atoms with Gasteiger partial charge in [0, 0.05) is 18.5 Å². The summed E-state index contributed by atoms with van der Waals surface area (Å²) in [7, 11) is 0. The second-order valence-corrected chi connectivity index (χ2v) is 3.61. The molecule has 1 heterocycles. The van der Waals surface area contributed by atoms with Crippen molar-refractivity contribution < 1.29 is 9.52 Å². The van der Waals surface area contributed by atoms with E-state index in [2.05, 4.69) is 4.98 Å². The van der Waals surface area contributed by atoms with E-state index in [-0.39, 0.29) is 5.75 Å². The maximum absolute atomic E-state index is 9.20. The lowest BCUT2D eigenvalue weighted by molar-refractivity contribution is 0.475. The molecule has 0 bridgehead atoms. The third kappa shape index (κ3) is 2.06. The molecule has 3 N–H and O–H groups in total. The van der Waals surface area contributed by atoms with Gasteiger partial charge in [-0.25, -0.2) is 4.98 Å². The van der Waals surface area contributed by atoms with Gasteiger partial charge in [0.15, 0.2) is 11.7 Å². The van der Waals surface area contributed by atoms with Crippen LogP contribution in [-0.4, -0.2) is 16.6 Å². The third-order valence-electron chi connectivity index (χ3n) is 2.33. The Morgan fingerprint density at radius 3 is 2.62 bits per heavy atom. The van der Waals surface area contributed by atoms with Crippen LogP contribution in [0.2, 0.25) is 0 Å². The van der Waals surface area contributed by atoms with Crippen LogP contribution < -0.4 is 5.73 Å². The average Bonchev–Trinajstić information content (AvgIpc) is 2.61. The number of phenols is 1. The molecule has 0 aliphatic heterocycles. The summed E-state index contributed by atoms with van der Waals surface area (Å²) in [5.41, 5.74) is 7.20. The Labute approximate surface area is 93.7 Å². The standard InChI is InChI=1S/C12H14N2O2/c1-8-12(16-11(14-8)6-7-13)9-2-4-10(15)5-3-9/h2-5,15H,6-7,13H2,1H3. The quantitative estimate of drug-likeness (QED) is 0.824. The van der Waals surface area contributed by atoms with E-state index in [4.69, 9.17) is 10.2 Å². The van der Waals surface area contributed by atoms with Crippen molar-refractivity contribution in [2.45, 2.75) is 13.3 Å². The minimum atomic E-state index is 0.239. The largest absolute Gasteiger partial charge is 0.508 e. The Bertz CT molecular complexity index is 474. The first-order valence-corrected chi connectivity index (χ1v) is 5.16. The van der Waals surface area contributed by atoms with Crippen molar-refractivity contribution in [1.82, 2.24) is 4.98 Å². The van der Waals surface area contributed by atoms with Gasteiger partial charge in [0.05, 0.1) is 5.69 Å². The van der Waals surface area contributed by atoms with Crippen molar-refractivity contribution in [3.05, 3.63) is 35.9 Å². The van der Waals surface area contributed by atoms with Crippen LogP contribution in [-0.2, 0) is 6.42 Å². The average molecular weight is 218 g/mol. The molecule has 4 nitrogen and oxygen atoms in total. The summed E-state index contributed by atoms with van der Waals surface area (Å²) in [5.74, 6) is 1.63. The predicted molar refractivity (Wildman–Crippen MR) is 61.1 cm³/mol. The van der Waals surface area contributed by atoms with Gasteiger partial charge < -0.3 is 15.3 Å². The molecular weight excluding hydrogens is 204 g/mol. The van der Waals surface area contributed by atoms with E-state index in [1.807, 2.05) is 6.92 Å². The van der Waals surface area contributed by atoms with Crippen molar-refractivity contribution >= 4 is 0 Å². The Hall–Kier alpha value is -1.81. The van der Waals surface area contributed by atoms with E-state index in [1.54, 1.807) is 24.3 Å². The molecule has 0 spiro atoms. The van der Waals surface area contributed by atoms with Gasteiger partial charge in [-0.1, -0.05) is 0 Å². The number of aromatic hydroxyl groups is 1. The molecule has 0 saturated heterocycles. The highest BCUT2D eigenvalue weighted by Crippen LogP contribution is 2.26. The van der Waals surface area contributed by atoms with Crippen molar-refractivity contribution in [1.29, 1.82) is 0 Å². The number of hydrogen-bond donors (Lipinski definition) is 2. The van der Waals surface area contributed by atoms with Crippen LogP contribution in [0.5, 0.6) is 5.75 Å². The molecule has 4 heteroatoms. The number of aromatic nitrogens is 1. The van der Waals surface area contributed by atoms with Gasteiger partial charge in [-0.3, -0.25) is 0 Å². The molecule has 2 rings (SSSR count). The summed E-state index contributed by atoms with van der Waals surface area (Å²) >= 11 is 0. The number of oxazole rings is 1. The Morgan fingerprint density at radius 2 is 2.00 bits per heavy atom. The molecule has 0 atom stereocenters. The SMILES string of the molecule is Cc1nc(CCN)oc1-c1ccc(O)cc1. The lowest BCUT2D eigenvalue weighted by atomic mass is 10.1. The summed E-state index contributed by atoms with van der Waals surface area (Å²) in [6, 6.07) is 6.85. The van der Waals surface area contributed by atoms with Crippen LogP contribution in [0.15, 0.2) is 28.7 Å². The summed E-state index contributed by atoms with van der Waals surface area (Å²) in [6.45, 7) is 2.42. The first kappa shape index (κ1) is 10.7. The van der Waals surface area contributed by atoms with Gasteiger partial charge in [0.25, 0.3) is 0 Å². The molecule has 0 saturated carbocycles. The molecule has 0 unspecified atom stereocenters. The van der Waals surface area contributed by atoms with E-state index in [0.29, 0.717) is 18.9 Å². The normalized spacial score (nSPS) is 10.6. The molecule has 1 aromatic heterocycles. The number of phenolic OH excluding ortho intramolecular Hbond substituents is 1. The fraction of sp³-hybridized carbons (Fsp3) is 0.250. The van der Waals surface area contributed by atoms with E-state index in [0.717, 1.165) is 17.0 Å². The van der Waals surface area contributed by atoms with Crippen molar-refractivity contribution in [3.63, 3.8) is 0 Å². The minimum absolute atomic E-state index is 0.239. The second kappa shape index (κ2) is 4.37. The fourth-order valence-corrected chi connectivity index (χ4v) is 1.56. The minimum Gasteiger partial charge on any atom is -0.508 e. The highest BCUT2D eigenvalue weighted by atomic mass is 16.4. The molecule has 0 aliphatic carbocycles. The zero-order valence-corrected chi connectivity index (χ0v) is 9.10. The lowest BCUT2D eigenvalue weighted by Crippen LogP contribution is -2.02.